The van der Waals surface area contributed by atoms with E-state index >= 15 is 0 Å². The average Bonchev–Trinajstić information content (AvgIpc) is 2.68. The van der Waals surface area contributed by atoms with Gasteiger partial charge in [-0.15, -0.1) is 0 Å². The maximum absolute atomic E-state index is 13.0. The molecule has 0 spiro atoms. The molecule has 0 unspecified atom stereocenters. The number of sulfonamides is 1. The number of hydrogen-bond donors (Lipinski definition) is 1. The Hall–Kier alpha value is -2.34. The predicted octanol–water partition coefficient (Wildman–Crippen LogP) is 3.60. The van der Waals surface area contributed by atoms with Crippen LogP contribution in [0.3, 0.4) is 0 Å². The summed E-state index contributed by atoms with van der Waals surface area (Å²) >= 11 is 0. The third kappa shape index (κ3) is 4.38. The largest absolute Gasteiger partial charge is 0.347 e. The van der Waals surface area contributed by atoms with E-state index in [4.69, 9.17) is 0 Å². The molecule has 6 heteroatoms. The minimum atomic E-state index is -3.61. The summed E-state index contributed by atoms with van der Waals surface area (Å²) < 4.78 is 26.1. The van der Waals surface area contributed by atoms with E-state index in [0.717, 1.165) is 43.1 Å². The molecule has 5 nitrogen and oxygen atoms in total. The Morgan fingerprint density at radius 3 is 2.50 bits per heavy atom. The van der Waals surface area contributed by atoms with Crippen molar-refractivity contribution in [3.05, 3.63) is 65.2 Å². The molecule has 0 saturated heterocycles. The molecule has 0 aliphatic heterocycles. The third-order valence-electron chi connectivity index (χ3n) is 5.37. The van der Waals surface area contributed by atoms with Gasteiger partial charge in [-0.3, -0.25) is 9.10 Å². The van der Waals surface area contributed by atoms with Crippen LogP contribution < -0.4 is 9.62 Å². The van der Waals surface area contributed by atoms with Crippen LogP contribution in [0.2, 0.25) is 0 Å². The summed E-state index contributed by atoms with van der Waals surface area (Å²) in [7, 11) is -3.61. The average molecular weight is 401 g/mol. The predicted molar refractivity (Wildman–Crippen MR) is 113 cm³/mol. The van der Waals surface area contributed by atoms with E-state index in [9.17, 15) is 13.2 Å². The Balaban J connectivity index is 1.83. The molecule has 1 aliphatic rings. The highest BCUT2D eigenvalue weighted by Gasteiger charge is 2.31. The maximum Gasteiger partial charge on any atom is 0.244 e. The number of fused-ring (bicyclic) bond motifs is 1. The summed E-state index contributed by atoms with van der Waals surface area (Å²) in [6, 6.07) is 14.5. The molecule has 150 valence electrons. The van der Waals surface area contributed by atoms with Crippen molar-refractivity contribution in [2.24, 2.45) is 0 Å². The second kappa shape index (κ2) is 8.35. The lowest BCUT2D eigenvalue weighted by molar-refractivity contribution is -0.122. The molecule has 1 amide bonds. The van der Waals surface area contributed by atoms with Gasteiger partial charge in [-0.1, -0.05) is 43.3 Å². The first kappa shape index (κ1) is 20.4. The van der Waals surface area contributed by atoms with Crippen molar-refractivity contribution in [1.29, 1.82) is 0 Å². The zero-order chi connectivity index (χ0) is 20.3. The molecule has 0 heterocycles. The van der Waals surface area contributed by atoms with Gasteiger partial charge in [0.15, 0.2) is 0 Å². The first-order valence-corrected chi connectivity index (χ1v) is 11.6. The summed E-state index contributed by atoms with van der Waals surface area (Å²) in [5.74, 6) is -0.285. The molecule has 2 aromatic rings. The van der Waals surface area contributed by atoms with Crippen molar-refractivity contribution < 1.29 is 13.2 Å². The van der Waals surface area contributed by atoms with Gasteiger partial charge in [-0.25, -0.2) is 8.42 Å². The van der Waals surface area contributed by atoms with Gasteiger partial charge in [0.05, 0.1) is 18.0 Å². The number of carbonyl (C=O) groups excluding carboxylic acids is 1. The highest BCUT2D eigenvalue weighted by Crippen LogP contribution is 2.30. The van der Waals surface area contributed by atoms with Gasteiger partial charge < -0.3 is 5.32 Å². The standard InChI is InChI=1S/C22H28N2O3S/c1-4-17-12-14-19(15-13-17)24(28(3,26)27)16(2)22(25)23-21-11-7-9-18-8-5-6-10-20(18)21/h5-6,8,10,12-16,21H,4,7,9,11H2,1-3H3,(H,23,25)/t16-,21-/m1/s1. The fraction of sp³-hybridized carbons (Fsp3) is 0.409. The minimum absolute atomic E-state index is 0.0798. The molecular formula is C22H28N2O3S. The van der Waals surface area contributed by atoms with Crippen LogP contribution in [0, 0.1) is 0 Å². The number of benzene rings is 2. The van der Waals surface area contributed by atoms with E-state index in [-0.39, 0.29) is 11.9 Å². The van der Waals surface area contributed by atoms with Crippen molar-refractivity contribution in [1.82, 2.24) is 5.32 Å². The Morgan fingerprint density at radius 1 is 1.18 bits per heavy atom. The topological polar surface area (TPSA) is 66.5 Å². The Morgan fingerprint density at radius 2 is 1.86 bits per heavy atom. The van der Waals surface area contributed by atoms with Crippen LogP contribution in [-0.2, 0) is 27.7 Å². The number of rotatable bonds is 6. The molecule has 0 radical (unpaired) electrons. The van der Waals surface area contributed by atoms with Gasteiger partial charge in [-0.2, -0.15) is 0 Å². The number of hydrogen-bond acceptors (Lipinski definition) is 3. The highest BCUT2D eigenvalue weighted by atomic mass is 32.2. The molecule has 0 bridgehead atoms. The van der Waals surface area contributed by atoms with Crippen molar-refractivity contribution in [2.75, 3.05) is 10.6 Å². The number of nitrogens with one attached hydrogen (secondary N) is 1. The number of anilines is 1. The van der Waals surface area contributed by atoms with Gasteiger partial charge in [0.1, 0.15) is 6.04 Å². The second-order valence-electron chi connectivity index (χ2n) is 7.41. The fourth-order valence-electron chi connectivity index (χ4n) is 3.88. The first-order valence-electron chi connectivity index (χ1n) is 9.77. The second-order valence-corrected chi connectivity index (χ2v) is 9.27. The van der Waals surface area contributed by atoms with Crippen LogP contribution in [0.1, 0.15) is 49.4 Å². The summed E-state index contributed by atoms with van der Waals surface area (Å²) in [5.41, 5.74) is 4.01. The number of carbonyl (C=O) groups is 1. The van der Waals surface area contributed by atoms with Crippen molar-refractivity contribution in [3.63, 3.8) is 0 Å². The SMILES string of the molecule is CCc1ccc(N([C@H](C)C(=O)N[C@@H]2CCCc3ccccc32)S(C)(=O)=O)cc1. The summed E-state index contributed by atoms with van der Waals surface area (Å²) in [6.45, 7) is 3.68. The van der Waals surface area contributed by atoms with E-state index in [2.05, 4.69) is 11.4 Å². The lowest BCUT2D eigenvalue weighted by Gasteiger charge is -2.31. The Kier molecular flexibility index (Phi) is 6.08. The van der Waals surface area contributed by atoms with Gasteiger partial charge in [0, 0.05) is 0 Å². The molecule has 28 heavy (non-hydrogen) atoms. The van der Waals surface area contributed by atoms with Gasteiger partial charge in [0.2, 0.25) is 15.9 Å². The summed E-state index contributed by atoms with van der Waals surface area (Å²) in [5, 5.41) is 3.07. The van der Waals surface area contributed by atoms with Crippen LogP contribution in [0.4, 0.5) is 5.69 Å². The molecule has 1 aliphatic carbocycles. The van der Waals surface area contributed by atoms with Crippen LogP contribution in [0.5, 0.6) is 0 Å². The van der Waals surface area contributed by atoms with Gasteiger partial charge in [0.25, 0.3) is 0 Å². The normalized spacial score (nSPS) is 17.5. The van der Waals surface area contributed by atoms with Crippen molar-refractivity contribution >= 4 is 21.6 Å². The molecule has 3 rings (SSSR count). The van der Waals surface area contributed by atoms with Gasteiger partial charge in [-0.05, 0) is 61.4 Å². The minimum Gasteiger partial charge on any atom is -0.347 e. The van der Waals surface area contributed by atoms with Crippen LogP contribution in [-0.4, -0.2) is 26.6 Å². The smallest absolute Gasteiger partial charge is 0.244 e. The number of nitrogens with zero attached hydrogens (tertiary/aromatic N) is 1. The van der Waals surface area contributed by atoms with E-state index in [1.165, 1.54) is 9.87 Å². The van der Waals surface area contributed by atoms with E-state index in [1.54, 1.807) is 19.1 Å². The number of amides is 1. The van der Waals surface area contributed by atoms with Crippen LogP contribution in [0.25, 0.3) is 0 Å². The zero-order valence-electron chi connectivity index (χ0n) is 16.7. The van der Waals surface area contributed by atoms with E-state index in [0.29, 0.717) is 5.69 Å². The highest BCUT2D eigenvalue weighted by molar-refractivity contribution is 7.92. The molecule has 2 aromatic carbocycles. The molecule has 2 atom stereocenters. The molecule has 1 N–H and O–H groups in total. The summed E-state index contributed by atoms with van der Waals surface area (Å²) in [6.07, 6.45) is 4.89. The van der Waals surface area contributed by atoms with Crippen LogP contribution >= 0.6 is 0 Å². The Labute approximate surface area is 167 Å². The molecule has 0 fully saturated rings. The quantitative estimate of drug-likeness (QED) is 0.806. The van der Waals surface area contributed by atoms with Crippen molar-refractivity contribution in [2.45, 2.75) is 51.6 Å². The summed E-state index contributed by atoms with van der Waals surface area (Å²) in [4.78, 5) is 13.0. The van der Waals surface area contributed by atoms with Crippen molar-refractivity contribution in [3.8, 4) is 0 Å². The molecule has 0 aromatic heterocycles. The molecular weight excluding hydrogens is 372 g/mol. The first-order chi connectivity index (χ1) is 13.3. The van der Waals surface area contributed by atoms with E-state index in [1.807, 2.05) is 37.3 Å². The van der Waals surface area contributed by atoms with Crippen LogP contribution in [0.15, 0.2) is 48.5 Å². The van der Waals surface area contributed by atoms with Gasteiger partial charge >= 0.3 is 0 Å². The fourth-order valence-corrected chi connectivity index (χ4v) is 5.06. The molecule has 0 saturated carbocycles. The lowest BCUT2D eigenvalue weighted by atomic mass is 9.87. The lowest BCUT2D eigenvalue weighted by Crippen LogP contribution is -2.49. The maximum atomic E-state index is 13.0. The third-order valence-corrected chi connectivity index (χ3v) is 6.62. The van der Waals surface area contributed by atoms with E-state index < -0.39 is 16.1 Å². The zero-order valence-corrected chi connectivity index (χ0v) is 17.5. The number of aryl methyl sites for hydroxylation is 2. The monoisotopic (exact) mass is 400 g/mol. The Bertz CT molecular complexity index is 939.